The summed E-state index contributed by atoms with van der Waals surface area (Å²) in [4.78, 5) is 2.35. The van der Waals surface area contributed by atoms with Crippen molar-refractivity contribution in [1.82, 2.24) is 4.90 Å². The second-order valence-corrected chi connectivity index (χ2v) is 5.48. The molecule has 3 nitrogen and oxygen atoms in total. The quantitative estimate of drug-likeness (QED) is 0.843. The van der Waals surface area contributed by atoms with E-state index in [0.29, 0.717) is 0 Å². The van der Waals surface area contributed by atoms with E-state index in [1.54, 1.807) is 14.2 Å². The third-order valence-corrected chi connectivity index (χ3v) is 4.12. The zero-order chi connectivity index (χ0) is 14.8. The molecule has 0 saturated carbocycles. The Balaban J connectivity index is 2.30. The van der Waals surface area contributed by atoms with Crippen molar-refractivity contribution in [3.05, 3.63) is 47.5 Å². The van der Waals surface area contributed by atoms with Crippen molar-refractivity contribution in [2.24, 2.45) is 0 Å². The molecule has 0 atom stereocenters. The molecule has 1 heterocycles. The second-order valence-electron chi connectivity index (χ2n) is 5.48. The van der Waals surface area contributed by atoms with E-state index in [1.807, 2.05) is 6.07 Å². The number of methoxy groups -OCH3 is 2. The van der Waals surface area contributed by atoms with Crippen LogP contribution >= 0.6 is 0 Å². The van der Waals surface area contributed by atoms with Gasteiger partial charge in [0.05, 0.1) is 14.2 Å². The minimum absolute atomic E-state index is 0.786. The molecule has 0 fully saturated rings. The first-order chi connectivity index (χ1) is 10.2. The van der Waals surface area contributed by atoms with Gasteiger partial charge in [-0.25, -0.2) is 0 Å². The highest BCUT2D eigenvalue weighted by Crippen LogP contribution is 2.43. The molecule has 1 aliphatic heterocycles. The van der Waals surface area contributed by atoms with Crippen LogP contribution in [0.25, 0.3) is 11.1 Å². The SMILES string of the molecule is COc1ccc2c(c1OC)-c1ccccc1CCN(C)C2. The van der Waals surface area contributed by atoms with E-state index >= 15 is 0 Å². The summed E-state index contributed by atoms with van der Waals surface area (Å²) < 4.78 is 11.2. The van der Waals surface area contributed by atoms with Crippen molar-refractivity contribution in [2.75, 3.05) is 27.8 Å². The van der Waals surface area contributed by atoms with Crippen LogP contribution in [0.15, 0.2) is 36.4 Å². The molecule has 3 heteroatoms. The lowest BCUT2D eigenvalue weighted by atomic mass is 9.91. The van der Waals surface area contributed by atoms with Crippen LogP contribution in [0.3, 0.4) is 0 Å². The predicted molar refractivity (Wildman–Crippen MR) is 85.0 cm³/mol. The first kappa shape index (κ1) is 14.0. The summed E-state index contributed by atoms with van der Waals surface area (Å²) in [6.45, 7) is 1.98. The maximum atomic E-state index is 5.68. The first-order valence-corrected chi connectivity index (χ1v) is 7.25. The Kier molecular flexibility index (Phi) is 3.84. The van der Waals surface area contributed by atoms with Gasteiger partial charge >= 0.3 is 0 Å². The molecule has 1 aliphatic rings. The lowest BCUT2D eigenvalue weighted by Gasteiger charge is -2.26. The lowest BCUT2D eigenvalue weighted by molar-refractivity contribution is 0.326. The molecule has 0 unspecified atom stereocenters. The number of nitrogens with zero attached hydrogens (tertiary/aromatic N) is 1. The van der Waals surface area contributed by atoms with Gasteiger partial charge in [-0.15, -0.1) is 0 Å². The highest BCUT2D eigenvalue weighted by atomic mass is 16.5. The van der Waals surface area contributed by atoms with Gasteiger partial charge in [-0.2, -0.15) is 0 Å². The van der Waals surface area contributed by atoms with Gasteiger partial charge in [0.2, 0.25) is 0 Å². The van der Waals surface area contributed by atoms with E-state index in [-0.39, 0.29) is 0 Å². The van der Waals surface area contributed by atoms with E-state index in [4.69, 9.17) is 9.47 Å². The first-order valence-electron chi connectivity index (χ1n) is 7.25. The Morgan fingerprint density at radius 3 is 2.52 bits per heavy atom. The fraction of sp³-hybridized carbons (Fsp3) is 0.333. The van der Waals surface area contributed by atoms with Crippen molar-refractivity contribution >= 4 is 0 Å². The van der Waals surface area contributed by atoms with Gasteiger partial charge in [-0.1, -0.05) is 30.3 Å². The summed E-state index contributed by atoms with van der Waals surface area (Å²) in [7, 11) is 5.56. The highest BCUT2D eigenvalue weighted by Gasteiger charge is 2.21. The van der Waals surface area contributed by atoms with E-state index < -0.39 is 0 Å². The normalized spacial score (nSPS) is 14.6. The van der Waals surface area contributed by atoms with E-state index in [2.05, 4.69) is 42.3 Å². The van der Waals surface area contributed by atoms with Crippen LogP contribution in [0.4, 0.5) is 0 Å². The van der Waals surface area contributed by atoms with Crippen LogP contribution in [-0.4, -0.2) is 32.7 Å². The number of rotatable bonds is 2. The van der Waals surface area contributed by atoms with Crippen molar-refractivity contribution in [1.29, 1.82) is 0 Å². The molecule has 0 radical (unpaired) electrons. The van der Waals surface area contributed by atoms with Crippen LogP contribution < -0.4 is 9.47 Å². The molecule has 2 aromatic carbocycles. The maximum Gasteiger partial charge on any atom is 0.168 e. The molecule has 0 amide bonds. The maximum absolute atomic E-state index is 5.68. The monoisotopic (exact) mass is 283 g/mol. The molecular formula is C18H21NO2. The lowest BCUT2D eigenvalue weighted by Crippen LogP contribution is -2.23. The molecule has 3 rings (SSSR count). The molecular weight excluding hydrogens is 262 g/mol. The molecule has 21 heavy (non-hydrogen) atoms. The van der Waals surface area contributed by atoms with Crippen molar-refractivity contribution < 1.29 is 9.47 Å². The summed E-state index contributed by atoms with van der Waals surface area (Å²) in [5, 5.41) is 0. The summed E-state index contributed by atoms with van der Waals surface area (Å²) in [6, 6.07) is 12.7. The van der Waals surface area contributed by atoms with Gasteiger partial charge in [0.1, 0.15) is 0 Å². The predicted octanol–water partition coefficient (Wildman–Crippen LogP) is 3.36. The average Bonchev–Trinajstić information content (AvgIpc) is 2.51. The fourth-order valence-corrected chi connectivity index (χ4v) is 3.06. The van der Waals surface area contributed by atoms with E-state index in [0.717, 1.165) is 31.0 Å². The van der Waals surface area contributed by atoms with Crippen LogP contribution in [0.2, 0.25) is 0 Å². The standard InChI is InChI=1S/C18H21NO2/c1-19-11-10-13-6-4-5-7-15(13)17-14(12-19)8-9-16(20-2)18(17)21-3/h4-9H,10-12H2,1-3H3. The molecule has 0 saturated heterocycles. The zero-order valence-corrected chi connectivity index (χ0v) is 12.8. The molecule has 0 aromatic heterocycles. The Labute approximate surface area is 126 Å². The topological polar surface area (TPSA) is 21.7 Å². The molecule has 110 valence electrons. The van der Waals surface area contributed by atoms with E-state index in [1.165, 1.54) is 22.3 Å². The minimum Gasteiger partial charge on any atom is -0.493 e. The van der Waals surface area contributed by atoms with Gasteiger partial charge in [0, 0.05) is 18.7 Å². The highest BCUT2D eigenvalue weighted by molar-refractivity contribution is 5.79. The van der Waals surface area contributed by atoms with Crippen LogP contribution in [0.5, 0.6) is 11.5 Å². The van der Waals surface area contributed by atoms with Crippen LogP contribution in [0.1, 0.15) is 11.1 Å². The third-order valence-electron chi connectivity index (χ3n) is 4.12. The molecule has 0 bridgehead atoms. The van der Waals surface area contributed by atoms with Gasteiger partial charge < -0.3 is 14.4 Å². The second kappa shape index (κ2) is 5.78. The zero-order valence-electron chi connectivity index (χ0n) is 12.8. The van der Waals surface area contributed by atoms with E-state index in [9.17, 15) is 0 Å². The van der Waals surface area contributed by atoms with Crippen LogP contribution in [-0.2, 0) is 13.0 Å². The van der Waals surface area contributed by atoms with Gasteiger partial charge in [0.25, 0.3) is 0 Å². The van der Waals surface area contributed by atoms with Crippen LogP contribution in [0, 0.1) is 0 Å². The summed E-state index contributed by atoms with van der Waals surface area (Å²) >= 11 is 0. The third kappa shape index (κ3) is 2.49. The Morgan fingerprint density at radius 1 is 0.952 bits per heavy atom. The number of benzene rings is 2. The smallest absolute Gasteiger partial charge is 0.168 e. The van der Waals surface area contributed by atoms with Crippen molar-refractivity contribution in [3.63, 3.8) is 0 Å². The van der Waals surface area contributed by atoms with Gasteiger partial charge in [-0.05, 0) is 36.2 Å². The Morgan fingerprint density at radius 2 is 1.76 bits per heavy atom. The molecule has 0 N–H and O–H groups in total. The Bertz CT molecular complexity index is 652. The number of hydrogen-bond acceptors (Lipinski definition) is 3. The summed E-state index contributed by atoms with van der Waals surface area (Å²) in [5.74, 6) is 1.62. The fourth-order valence-electron chi connectivity index (χ4n) is 3.06. The number of likely N-dealkylation sites (N-methyl/N-ethyl adjacent to an activating group) is 1. The van der Waals surface area contributed by atoms with Crippen molar-refractivity contribution in [2.45, 2.75) is 13.0 Å². The van der Waals surface area contributed by atoms with Gasteiger partial charge in [0.15, 0.2) is 11.5 Å². The number of ether oxygens (including phenoxy) is 2. The molecule has 0 aliphatic carbocycles. The average molecular weight is 283 g/mol. The Hall–Kier alpha value is -2.00. The molecule has 2 aromatic rings. The minimum atomic E-state index is 0.786. The molecule has 0 spiro atoms. The van der Waals surface area contributed by atoms with Crippen molar-refractivity contribution in [3.8, 4) is 22.6 Å². The summed E-state index contributed by atoms with van der Waals surface area (Å²) in [6.07, 6.45) is 1.05. The van der Waals surface area contributed by atoms with Gasteiger partial charge in [-0.3, -0.25) is 0 Å². The largest absolute Gasteiger partial charge is 0.493 e. The number of hydrogen-bond donors (Lipinski definition) is 0. The summed E-state index contributed by atoms with van der Waals surface area (Å²) in [5.41, 5.74) is 5.06. The number of fused-ring (bicyclic) bond motifs is 3.